The molecule has 0 spiro atoms. The lowest BCUT2D eigenvalue weighted by atomic mass is 10.2. The summed E-state index contributed by atoms with van der Waals surface area (Å²) in [5.74, 6) is -0.0270. The lowest BCUT2D eigenvalue weighted by Crippen LogP contribution is -2.35. The predicted octanol–water partition coefficient (Wildman–Crippen LogP) is 3.11. The van der Waals surface area contributed by atoms with E-state index in [2.05, 4.69) is 4.98 Å². The van der Waals surface area contributed by atoms with E-state index in [-0.39, 0.29) is 12.6 Å². The molecule has 1 N–H and O–H groups in total. The van der Waals surface area contributed by atoms with Crippen LogP contribution in [0.3, 0.4) is 0 Å². The molecule has 0 bridgehead atoms. The van der Waals surface area contributed by atoms with E-state index in [1.807, 2.05) is 48.4 Å². The fourth-order valence-electron chi connectivity index (χ4n) is 2.07. The van der Waals surface area contributed by atoms with Crippen molar-refractivity contribution in [3.05, 3.63) is 35.3 Å². The van der Waals surface area contributed by atoms with E-state index in [0.29, 0.717) is 6.54 Å². The lowest BCUT2D eigenvalue weighted by molar-refractivity contribution is -0.138. The molecule has 0 saturated heterocycles. The van der Waals surface area contributed by atoms with Crippen molar-refractivity contribution < 1.29 is 14.6 Å². The molecule has 2 aromatic rings. The highest BCUT2D eigenvalue weighted by molar-refractivity contribution is 7.13. The molecule has 6 heteroatoms. The molecule has 0 aliphatic rings. The minimum absolute atomic E-state index is 0.0175. The number of aliphatic carboxylic acids is 1. The molecule has 0 atom stereocenters. The number of ether oxygens (including phenoxy) is 1. The van der Waals surface area contributed by atoms with Crippen LogP contribution in [0.5, 0.6) is 5.75 Å². The third-order valence-corrected chi connectivity index (χ3v) is 4.24. The van der Waals surface area contributed by atoms with Gasteiger partial charge in [-0.15, -0.1) is 11.3 Å². The van der Waals surface area contributed by atoms with Crippen LogP contribution in [0, 0.1) is 0 Å². The Bertz CT molecular complexity index is 640. The molecule has 0 unspecified atom stereocenters. The van der Waals surface area contributed by atoms with Crippen molar-refractivity contribution in [2.45, 2.75) is 26.4 Å². The van der Waals surface area contributed by atoms with Crippen LogP contribution in [-0.2, 0) is 11.3 Å². The van der Waals surface area contributed by atoms with E-state index >= 15 is 0 Å². The van der Waals surface area contributed by atoms with Crippen LogP contribution < -0.4 is 4.74 Å². The Morgan fingerprint density at radius 3 is 2.86 bits per heavy atom. The van der Waals surface area contributed by atoms with Crippen LogP contribution in [0.1, 0.15) is 19.5 Å². The Kier molecular flexibility index (Phi) is 5.51. The molecule has 0 amide bonds. The maximum atomic E-state index is 10.9. The highest BCUT2D eigenvalue weighted by atomic mass is 32.1. The fourth-order valence-corrected chi connectivity index (χ4v) is 2.88. The summed E-state index contributed by atoms with van der Waals surface area (Å²) in [4.78, 5) is 17.4. The van der Waals surface area contributed by atoms with Gasteiger partial charge in [-0.05, 0) is 26.0 Å². The summed E-state index contributed by atoms with van der Waals surface area (Å²) in [6.07, 6.45) is 0. The molecule has 0 aliphatic heterocycles. The topological polar surface area (TPSA) is 62.7 Å². The number of nitrogens with zero attached hydrogens (tertiary/aromatic N) is 2. The molecule has 1 aromatic carbocycles. The second-order valence-electron chi connectivity index (χ2n) is 5.27. The summed E-state index contributed by atoms with van der Waals surface area (Å²) >= 11 is 1.55. The smallest absolute Gasteiger partial charge is 0.317 e. The van der Waals surface area contributed by atoms with Gasteiger partial charge in [0.1, 0.15) is 10.8 Å². The van der Waals surface area contributed by atoms with E-state index in [1.54, 1.807) is 18.4 Å². The number of aromatic nitrogens is 1. The van der Waals surface area contributed by atoms with Crippen LogP contribution in [0.15, 0.2) is 29.6 Å². The van der Waals surface area contributed by atoms with Gasteiger partial charge in [-0.25, -0.2) is 4.98 Å². The summed E-state index contributed by atoms with van der Waals surface area (Å²) in [7, 11) is 1.64. The van der Waals surface area contributed by atoms with Crippen molar-refractivity contribution >= 4 is 17.3 Å². The number of hydrogen-bond acceptors (Lipinski definition) is 5. The summed E-state index contributed by atoms with van der Waals surface area (Å²) < 4.78 is 5.23. The van der Waals surface area contributed by atoms with Gasteiger partial charge in [0.05, 0.1) is 19.3 Å². The van der Waals surface area contributed by atoms with Gasteiger partial charge in [0.2, 0.25) is 0 Å². The number of thiazole rings is 1. The monoisotopic (exact) mass is 320 g/mol. The minimum atomic E-state index is -0.822. The van der Waals surface area contributed by atoms with Crippen molar-refractivity contribution in [3.63, 3.8) is 0 Å². The molecule has 0 saturated carbocycles. The maximum Gasteiger partial charge on any atom is 0.317 e. The van der Waals surface area contributed by atoms with E-state index in [0.717, 1.165) is 22.0 Å². The lowest BCUT2D eigenvalue weighted by Gasteiger charge is -2.23. The molecule has 22 heavy (non-hydrogen) atoms. The Hall–Kier alpha value is -1.92. The zero-order valence-electron chi connectivity index (χ0n) is 12.9. The SMILES string of the molecule is COc1cccc(-c2nc(CN(CC(=O)O)C(C)C)cs2)c1. The molecule has 118 valence electrons. The zero-order valence-corrected chi connectivity index (χ0v) is 13.8. The first-order valence-electron chi connectivity index (χ1n) is 7.04. The van der Waals surface area contributed by atoms with Crippen LogP contribution >= 0.6 is 11.3 Å². The zero-order chi connectivity index (χ0) is 16.1. The molecule has 0 radical (unpaired) electrons. The van der Waals surface area contributed by atoms with Crippen molar-refractivity contribution in [1.82, 2.24) is 9.88 Å². The number of carboxylic acids is 1. The molecule has 2 rings (SSSR count). The highest BCUT2D eigenvalue weighted by Crippen LogP contribution is 2.27. The fraction of sp³-hybridized carbons (Fsp3) is 0.375. The average Bonchev–Trinajstić information content (AvgIpc) is 2.94. The summed E-state index contributed by atoms with van der Waals surface area (Å²) in [5, 5.41) is 11.9. The first-order valence-corrected chi connectivity index (χ1v) is 7.92. The first kappa shape index (κ1) is 16.5. The third-order valence-electron chi connectivity index (χ3n) is 3.30. The Morgan fingerprint density at radius 1 is 1.45 bits per heavy atom. The average molecular weight is 320 g/mol. The number of carboxylic acid groups (broad SMARTS) is 1. The molecule has 1 aromatic heterocycles. The number of hydrogen-bond donors (Lipinski definition) is 1. The van der Waals surface area contributed by atoms with Gasteiger partial charge in [-0.3, -0.25) is 9.69 Å². The molecule has 5 nitrogen and oxygen atoms in total. The Labute approximate surface area is 134 Å². The second-order valence-corrected chi connectivity index (χ2v) is 6.13. The van der Waals surface area contributed by atoms with E-state index in [1.165, 1.54) is 0 Å². The van der Waals surface area contributed by atoms with Gasteiger partial charge in [0.25, 0.3) is 0 Å². The third kappa shape index (κ3) is 4.29. The van der Waals surface area contributed by atoms with Crippen LogP contribution in [-0.4, -0.2) is 40.7 Å². The Morgan fingerprint density at radius 2 is 2.23 bits per heavy atom. The van der Waals surface area contributed by atoms with E-state index in [4.69, 9.17) is 9.84 Å². The second kappa shape index (κ2) is 7.38. The van der Waals surface area contributed by atoms with Gasteiger partial charge < -0.3 is 9.84 Å². The number of carbonyl (C=O) groups is 1. The standard InChI is InChI=1S/C16H20N2O3S/c1-11(2)18(9-15(19)20)8-13-10-22-16(17-13)12-5-4-6-14(7-12)21-3/h4-7,10-11H,8-9H2,1-3H3,(H,19,20). The predicted molar refractivity (Wildman–Crippen MR) is 87.3 cm³/mol. The summed E-state index contributed by atoms with van der Waals surface area (Å²) in [5.41, 5.74) is 1.89. The summed E-state index contributed by atoms with van der Waals surface area (Å²) in [6.45, 7) is 4.52. The van der Waals surface area contributed by atoms with Crippen molar-refractivity contribution in [1.29, 1.82) is 0 Å². The van der Waals surface area contributed by atoms with Crippen molar-refractivity contribution in [3.8, 4) is 16.3 Å². The van der Waals surface area contributed by atoms with E-state index < -0.39 is 5.97 Å². The minimum Gasteiger partial charge on any atom is -0.497 e. The molecular formula is C16H20N2O3S. The maximum absolute atomic E-state index is 10.9. The van der Waals surface area contributed by atoms with Crippen LogP contribution in [0.4, 0.5) is 0 Å². The van der Waals surface area contributed by atoms with Crippen LogP contribution in [0.2, 0.25) is 0 Å². The molecule has 0 fully saturated rings. The number of rotatable bonds is 7. The molecule has 1 heterocycles. The van der Waals surface area contributed by atoms with Crippen molar-refractivity contribution in [2.75, 3.05) is 13.7 Å². The largest absolute Gasteiger partial charge is 0.497 e. The number of benzene rings is 1. The molecular weight excluding hydrogens is 300 g/mol. The highest BCUT2D eigenvalue weighted by Gasteiger charge is 2.15. The summed E-state index contributed by atoms with van der Waals surface area (Å²) in [6, 6.07) is 7.91. The van der Waals surface area contributed by atoms with Gasteiger partial charge in [0, 0.05) is 23.5 Å². The van der Waals surface area contributed by atoms with Gasteiger partial charge in [-0.1, -0.05) is 12.1 Å². The molecule has 0 aliphatic carbocycles. The first-order chi connectivity index (χ1) is 10.5. The Balaban J connectivity index is 2.14. The quantitative estimate of drug-likeness (QED) is 0.849. The van der Waals surface area contributed by atoms with Gasteiger partial charge in [-0.2, -0.15) is 0 Å². The van der Waals surface area contributed by atoms with Crippen molar-refractivity contribution in [2.24, 2.45) is 0 Å². The van der Waals surface area contributed by atoms with E-state index in [9.17, 15) is 4.79 Å². The normalized spacial score (nSPS) is 11.1. The van der Waals surface area contributed by atoms with Gasteiger partial charge in [0.15, 0.2) is 0 Å². The van der Waals surface area contributed by atoms with Gasteiger partial charge >= 0.3 is 5.97 Å². The van der Waals surface area contributed by atoms with Crippen LogP contribution in [0.25, 0.3) is 10.6 Å². The number of methoxy groups -OCH3 is 1.